The van der Waals surface area contributed by atoms with Crippen LogP contribution in [0.5, 0.6) is 5.75 Å². The zero-order chi connectivity index (χ0) is 17.6. The Morgan fingerprint density at radius 3 is 2.48 bits per heavy atom. The van der Waals surface area contributed by atoms with Crippen molar-refractivity contribution in [2.75, 3.05) is 7.11 Å². The molecule has 0 aliphatic rings. The van der Waals surface area contributed by atoms with Gasteiger partial charge in [0.15, 0.2) is 0 Å². The van der Waals surface area contributed by atoms with Gasteiger partial charge in [-0.1, -0.05) is 12.1 Å². The lowest BCUT2D eigenvalue weighted by atomic mass is 10.1. The number of esters is 1. The lowest BCUT2D eigenvalue weighted by molar-refractivity contribution is 0.0468. The monoisotopic (exact) mass is 355 g/mol. The van der Waals surface area contributed by atoms with Crippen LogP contribution >= 0.6 is 11.3 Å². The standard InChI is InChI=1S/C19H17NO4S/c1-23-17-8-6-14(7-9-17)18-20-16(12-25-18)11-24-19(22)15-4-2-13(10-21)3-5-15/h2-9,12,21H,10-11H2,1H3. The maximum atomic E-state index is 12.0. The second-order valence-electron chi connectivity index (χ2n) is 5.30. The number of methoxy groups -OCH3 is 1. The fraction of sp³-hybridized carbons (Fsp3) is 0.158. The molecule has 3 rings (SSSR count). The first kappa shape index (κ1) is 17.1. The minimum absolute atomic E-state index is 0.0533. The number of aromatic nitrogens is 1. The van der Waals surface area contributed by atoms with Gasteiger partial charge in [0.1, 0.15) is 17.4 Å². The molecule has 25 heavy (non-hydrogen) atoms. The summed E-state index contributed by atoms with van der Waals surface area (Å²) in [4.78, 5) is 16.5. The Morgan fingerprint density at radius 1 is 1.12 bits per heavy atom. The zero-order valence-electron chi connectivity index (χ0n) is 13.6. The van der Waals surface area contributed by atoms with Gasteiger partial charge in [0.25, 0.3) is 0 Å². The van der Waals surface area contributed by atoms with E-state index in [0.29, 0.717) is 11.3 Å². The molecule has 3 aromatic rings. The largest absolute Gasteiger partial charge is 0.497 e. The number of thiazole rings is 1. The van der Waals surface area contributed by atoms with Crippen molar-refractivity contribution in [3.8, 4) is 16.3 Å². The molecular weight excluding hydrogens is 338 g/mol. The molecule has 0 aliphatic carbocycles. The van der Waals surface area contributed by atoms with E-state index >= 15 is 0 Å². The highest BCUT2D eigenvalue weighted by Gasteiger charge is 2.10. The van der Waals surface area contributed by atoms with Crippen LogP contribution in [-0.4, -0.2) is 23.2 Å². The molecule has 2 aromatic carbocycles. The molecule has 0 bridgehead atoms. The quantitative estimate of drug-likeness (QED) is 0.683. The molecule has 1 heterocycles. The minimum Gasteiger partial charge on any atom is -0.497 e. The van der Waals surface area contributed by atoms with Crippen LogP contribution in [0.15, 0.2) is 53.9 Å². The van der Waals surface area contributed by atoms with Gasteiger partial charge in [-0.05, 0) is 42.0 Å². The Hall–Kier alpha value is -2.70. The van der Waals surface area contributed by atoms with E-state index in [0.717, 1.165) is 21.9 Å². The highest BCUT2D eigenvalue weighted by atomic mass is 32.1. The number of carbonyl (C=O) groups excluding carboxylic acids is 1. The Labute approximate surface area is 149 Å². The summed E-state index contributed by atoms with van der Waals surface area (Å²) >= 11 is 1.50. The number of nitrogens with zero attached hydrogens (tertiary/aromatic N) is 1. The molecule has 0 spiro atoms. The topological polar surface area (TPSA) is 68.7 Å². The third-order valence-electron chi connectivity index (χ3n) is 3.61. The van der Waals surface area contributed by atoms with E-state index in [-0.39, 0.29) is 13.2 Å². The molecule has 0 saturated carbocycles. The van der Waals surface area contributed by atoms with E-state index in [4.69, 9.17) is 14.6 Å². The SMILES string of the molecule is COc1ccc(-c2nc(COC(=O)c3ccc(CO)cc3)cs2)cc1. The van der Waals surface area contributed by atoms with E-state index in [1.165, 1.54) is 11.3 Å². The van der Waals surface area contributed by atoms with E-state index in [1.54, 1.807) is 31.4 Å². The molecule has 0 unspecified atom stereocenters. The molecular formula is C19H17NO4S. The number of rotatable bonds is 6. The molecule has 0 saturated heterocycles. The lowest BCUT2D eigenvalue weighted by Gasteiger charge is -2.04. The zero-order valence-corrected chi connectivity index (χ0v) is 14.5. The summed E-state index contributed by atoms with van der Waals surface area (Å²) in [6.07, 6.45) is 0. The second-order valence-corrected chi connectivity index (χ2v) is 6.16. The van der Waals surface area contributed by atoms with Gasteiger partial charge in [-0.25, -0.2) is 9.78 Å². The van der Waals surface area contributed by atoms with Crippen LogP contribution in [0.1, 0.15) is 21.6 Å². The maximum absolute atomic E-state index is 12.0. The van der Waals surface area contributed by atoms with Gasteiger partial charge in [0.05, 0.1) is 25.0 Å². The Kier molecular flexibility index (Phi) is 5.42. The number of benzene rings is 2. The van der Waals surface area contributed by atoms with Crippen LogP contribution in [0.25, 0.3) is 10.6 Å². The van der Waals surface area contributed by atoms with E-state index in [1.807, 2.05) is 29.6 Å². The van der Waals surface area contributed by atoms with Crippen molar-refractivity contribution < 1.29 is 19.4 Å². The van der Waals surface area contributed by atoms with Crippen molar-refractivity contribution >= 4 is 17.3 Å². The fourth-order valence-corrected chi connectivity index (χ4v) is 3.02. The molecule has 0 amide bonds. The summed E-state index contributed by atoms with van der Waals surface area (Å²) < 4.78 is 10.4. The van der Waals surface area contributed by atoms with Crippen LogP contribution < -0.4 is 4.74 Å². The van der Waals surface area contributed by atoms with Crippen LogP contribution in [0.4, 0.5) is 0 Å². The third-order valence-corrected chi connectivity index (χ3v) is 4.55. The Balaban J connectivity index is 1.61. The first-order chi connectivity index (χ1) is 12.2. The van der Waals surface area contributed by atoms with Crippen LogP contribution in [0.2, 0.25) is 0 Å². The minimum atomic E-state index is -0.413. The first-order valence-electron chi connectivity index (χ1n) is 7.65. The molecule has 0 fully saturated rings. The molecule has 128 valence electrons. The summed E-state index contributed by atoms with van der Waals surface area (Å²) in [6, 6.07) is 14.3. The highest BCUT2D eigenvalue weighted by molar-refractivity contribution is 7.13. The van der Waals surface area contributed by atoms with Gasteiger partial charge in [0.2, 0.25) is 0 Å². The van der Waals surface area contributed by atoms with E-state index < -0.39 is 5.97 Å². The van der Waals surface area contributed by atoms with Crippen molar-refractivity contribution in [3.05, 3.63) is 70.7 Å². The Morgan fingerprint density at radius 2 is 1.84 bits per heavy atom. The average Bonchev–Trinajstić information content (AvgIpc) is 3.15. The normalized spacial score (nSPS) is 10.5. The lowest BCUT2D eigenvalue weighted by Crippen LogP contribution is -2.05. The van der Waals surface area contributed by atoms with Gasteiger partial charge in [-0.15, -0.1) is 11.3 Å². The van der Waals surface area contributed by atoms with Crippen molar-refractivity contribution in [2.45, 2.75) is 13.2 Å². The van der Waals surface area contributed by atoms with Crippen molar-refractivity contribution in [3.63, 3.8) is 0 Å². The van der Waals surface area contributed by atoms with Crippen LogP contribution in [-0.2, 0) is 18.0 Å². The van der Waals surface area contributed by atoms with Crippen LogP contribution in [0, 0.1) is 0 Å². The number of carbonyl (C=O) groups is 1. The number of aliphatic hydroxyl groups excluding tert-OH is 1. The van der Waals surface area contributed by atoms with Crippen molar-refractivity contribution in [1.82, 2.24) is 4.98 Å². The summed E-state index contributed by atoms with van der Waals surface area (Å²) in [5, 5.41) is 11.8. The molecule has 1 N–H and O–H groups in total. The summed E-state index contributed by atoms with van der Waals surface area (Å²) in [5.74, 6) is 0.380. The van der Waals surface area contributed by atoms with Gasteiger partial charge >= 0.3 is 5.97 Å². The Bertz CT molecular complexity index is 841. The smallest absolute Gasteiger partial charge is 0.338 e. The highest BCUT2D eigenvalue weighted by Crippen LogP contribution is 2.26. The predicted molar refractivity (Wildman–Crippen MR) is 95.6 cm³/mol. The van der Waals surface area contributed by atoms with Gasteiger partial charge in [-0.3, -0.25) is 0 Å². The second kappa shape index (κ2) is 7.92. The third kappa shape index (κ3) is 4.23. The first-order valence-corrected chi connectivity index (χ1v) is 8.53. The van der Waals surface area contributed by atoms with Crippen molar-refractivity contribution in [1.29, 1.82) is 0 Å². The van der Waals surface area contributed by atoms with Gasteiger partial charge in [-0.2, -0.15) is 0 Å². The van der Waals surface area contributed by atoms with Gasteiger partial charge in [0, 0.05) is 10.9 Å². The molecule has 5 nitrogen and oxygen atoms in total. The predicted octanol–water partition coefficient (Wildman–Crippen LogP) is 3.67. The maximum Gasteiger partial charge on any atom is 0.338 e. The molecule has 0 radical (unpaired) electrons. The number of ether oxygens (including phenoxy) is 2. The number of hydrogen-bond donors (Lipinski definition) is 1. The van der Waals surface area contributed by atoms with E-state index in [9.17, 15) is 4.79 Å². The fourth-order valence-electron chi connectivity index (χ4n) is 2.21. The summed E-state index contributed by atoms with van der Waals surface area (Å²) in [7, 11) is 1.63. The number of hydrogen-bond acceptors (Lipinski definition) is 6. The van der Waals surface area contributed by atoms with E-state index in [2.05, 4.69) is 4.98 Å². The van der Waals surface area contributed by atoms with Crippen LogP contribution in [0.3, 0.4) is 0 Å². The molecule has 0 aliphatic heterocycles. The van der Waals surface area contributed by atoms with Gasteiger partial charge < -0.3 is 14.6 Å². The summed E-state index contributed by atoms with van der Waals surface area (Å²) in [5.41, 5.74) is 2.89. The molecule has 1 aromatic heterocycles. The summed E-state index contributed by atoms with van der Waals surface area (Å²) in [6.45, 7) is 0.0650. The molecule has 0 atom stereocenters. The van der Waals surface area contributed by atoms with Crippen molar-refractivity contribution in [2.24, 2.45) is 0 Å². The average molecular weight is 355 g/mol. The molecule has 6 heteroatoms. The number of aliphatic hydroxyl groups is 1.